The average molecular weight is 290 g/mol. The molecule has 0 saturated carbocycles. The Balaban J connectivity index is 1.67. The predicted molar refractivity (Wildman–Crippen MR) is 81.6 cm³/mol. The van der Waals surface area contributed by atoms with E-state index in [2.05, 4.69) is 11.4 Å². The number of nitrogens with zero attached hydrogens (tertiary/aromatic N) is 1. The van der Waals surface area contributed by atoms with Gasteiger partial charge in [-0.3, -0.25) is 4.79 Å². The summed E-state index contributed by atoms with van der Waals surface area (Å²) >= 11 is 0. The second-order valence-electron chi connectivity index (χ2n) is 6.13. The van der Waals surface area contributed by atoms with E-state index in [1.165, 1.54) is 5.56 Å². The van der Waals surface area contributed by atoms with Gasteiger partial charge in [-0.2, -0.15) is 0 Å². The number of carbonyl (C=O) groups is 1. The first-order valence-electron chi connectivity index (χ1n) is 7.40. The molecule has 0 atom stereocenters. The van der Waals surface area contributed by atoms with Gasteiger partial charge in [0.25, 0.3) is 0 Å². The quantitative estimate of drug-likeness (QED) is 0.907. The van der Waals surface area contributed by atoms with E-state index < -0.39 is 5.79 Å². The van der Waals surface area contributed by atoms with Gasteiger partial charge in [0.2, 0.25) is 5.91 Å². The van der Waals surface area contributed by atoms with E-state index in [0.717, 1.165) is 24.3 Å². The summed E-state index contributed by atoms with van der Waals surface area (Å²) in [6.07, 6.45) is 0.912. The third-order valence-electron chi connectivity index (χ3n) is 3.99. The van der Waals surface area contributed by atoms with Crippen LogP contribution in [0.25, 0.3) is 0 Å². The number of anilines is 2. The molecule has 5 heteroatoms. The topological polar surface area (TPSA) is 50.8 Å². The number of hydrogen-bond acceptors (Lipinski definition) is 4. The Morgan fingerprint density at radius 1 is 1.33 bits per heavy atom. The smallest absolute Gasteiger partial charge is 0.223 e. The lowest BCUT2D eigenvalue weighted by molar-refractivity contribution is -0.247. The first-order chi connectivity index (χ1) is 9.94. The molecule has 1 N–H and O–H groups in total. The van der Waals surface area contributed by atoms with Crippen molar-refractivity contribution in [1.82, 2.24) is 0 Å². The van der Waals surface area contributed by atoms with Crippen LogP contribution in [0.2, 0.25) is 0 Å². The summed E-state index contributed by atoms with van der Waals surface area (Å²) in [7, 11) is 0. The second kappa shape index (κ2) is 5.31. The lowest BCUT2D eigenvalue weighted by Crippen LogP contribution is -2.45. The van der Waals surface area contributed by atoms with E-state index >= 15 is 0 Å². The highest BCUT2D eigenvalue weighted by Crippen LogP contribution is 2.31. The average Bonchev–Trinajstić information content (AvgIpc) is 2.84. The number of hydrogen-bond donors (Lipinski definition) is 1. The molecule has 0 spiro atoms. The van der Waals surface area contributed by atoms with Gasteiger partial charge in [-0.15, -0.1) is 0 Å². The summed E-state index contributed by atoms with van der Waals surface area (Å²) in [6, 6.07) is 6.31. The molecule has 1 saturated heterocycles. The highest BCUT2D eigenvalue weighted by atomic mass is 16.7. The Morgan fingerprint density at radius 3 is 2.71 bits per heavy atom. The van der Waals surface area contributed by atoms with Crippen LogP contribution in [0.3, 0.4) is 0 Å². The Labute approximate surface area is 125 Å². The highest BCUT2D eigenvalue weighted by molar-refractivity contribution is 5.94. The van der Waals surface area contributed by atoms with Gasteiger partial charge in [0, 0.05) is 24.8 Å². The molecule has 5 nitrogen and oxygen atoms in total. The van der Waals surface area contributed by atoms with Gasteiger partial charge in [-0.05, 0) is 44.0 Å². The van der Waals surface area contributed by atoms with Gasteiger partial charge >= 0.3 is 0 Å². The molecule has 0 unspecified atom stereocenters. The summed E-state index contributed by atoms with van der Waals surface area (Å²) in [4.78, 5) is 13.4. The van der Waals surface area contributed by atoms with Crippen molar-refractivity contribution >= 4 is 17.3 Å². The maximum atomic E-state index is 11.5. The van der Waals surface area contributed by atoms with Gasteiger partial charge in [-0.1, -0.05) is 0 Å². The maximum absolute atomic E-state index is 11.5. The van der Waals surface area contributed by atoms with Gasteiger partial charge in [0.15, 0.2) is 5.79 Å². The minimum absolute atomic E-state index is 0.103. The van der Waals surface area contributed by atoms with Crippen molar-refractivity contribution in [2.75, 3.05) is 30.0 Å². The molecule has 2 aliphatic heterocycles. The highest BCUT2D eigenvalue weighted by Gasteiger charge is 2.28. The summed E-state index contributed by atoms with van der Waals surface area (Å²) in [5.41, 5.74) is 3.30. The fourth-order valence-electron chi connectivity index (χ4n) is 2.83. The minimum atomic E-state index is -0.488. The Bertz CT molecular complexity index is 546. The number of nitrogens with one attached hydrogen (secondary N) is 1. The third-order valence-corrected chi connectivity index (χ3v) is 3.99. The van der Waals surface area contributed by atoms with Crippen molar-refractivity contribution in [3.8, 4) is 0 Å². The normalized spacial score (nSPS) is 21.2. The number of amides is 1. The van der Waals surface area contributed by atoms with Gasteiger partial charge in [-0.25, -0.2) is 0 Å². The van der Waals surface area contributed by atoms with Gasteiger partial charge in [0.1, 0.15) is 0 Å². The van der Waals surface area contributed by atoms with Gasteiger partial charge < -0.3 is 19.7 Å². The molecular formula is C16H22N2O3. The lowest BCUT2D eigenvalue weighted by atomic mass is 10.1. The number of carbonyl (C=O) groups excluding carboxylic acids is 1. The van der Waals surface area contributed by atoms with Crippen LogP contribution in [0, 0.1) is 0 Å². The molecule has 1 aromatic rings. The van der Waals surface area contributed by atoms with E-state index in [-0.39, 0.29) is 11.9 Å². The Hall–Kier alpha value is -1.59. The number of fused-ring (bicyclic) bond motifs is 1. The number of rotatable bonds is 2. The molecule has 114 valence electrons. The fraction of sp³-hybridized carbons (Fsp3) is 0.562. The largest absolute Gasteiger partial charge is 0.378 e. The zero-order chi connectivity index (χ0) is 15.0. The van der Waals surface area contributed by atoms with Crippen molar-refractivity contribution in [2.45, 2.75) is 39.0 Å². The Morgan fingerprint density at radius 2 is 2.05 bits per heavy atom. The number of ether oxygens (including phenoxy) is 2. The lowest BCUT2D eigenvalue weighted by Gasteiger charge is -2.35. The fourth-order valence-corrected chi connectivity index (χ4v) is 2.83. The number of benzene rings is 1. The van der Waals surface area contributed by atoms with E-state index in [9.17, 15) is 4.79 Å². The van der Waals surface area contributed by atoms with Crippen LogP contribution in [0.1, 0.15) is 26.3 Å². The van der Waals surface area contributed by atoms with Crippen LogP contribution in [0.5, 0.6) is 0 Å². The van der Waals surface area contributed by atoms with Crippen molar-refractivity contribution in [1.29, 1.82) is 0 Å². The third kappa shape index (κ3) is 3.04. The molecule has 1 fully saturated rings. The molecule has 0 radical (unpaired) electrons. The Kier molecular flexibility index (Phi) is 3.63. The van der Waals surface area contributed by atoms with E-state index in [1.54, 1.807) is 6.92 Å². The van der Waals surface area contributed by atoms with Crippen LogP contribution in [0.15, 0.2) is 18.2 Å². The molecule has 1 amide bonds. The predicted octanol–water partition coefficient (Wildman–Crippen LogP) is 2.16. The molecule has 0 aliphatic carbocycles. The summed E-state index contributed by atoms with van der Waals surface area (Å²) in [5, 5.41) is 3.44. The summed E-state index contributed by atoms with van der Waals surface area (Å²) in [5.74, 6) is -0.385. The molecule has 0 bridgehead atoms. The van der Waals surface area contributed by atoms with Crippen LogP contribution >= 0.6 is 0 Å². The SMILES string of the molecule is CC(=O)N1CCc2cc(NC3COC(C)(C)OC3)ccc21. The van der Waals surface area contributed by atoms with Crippen LogP contribution < -0.4 is 10.2 Å². The zero-order valence-electron chi connectivity index (χ0n) is 12.8. The van der Waals surface area contributed by atoms with Crippen LogP contribution in [-0.4, -0.2) is 37.5 Å². The van der Waals surface area contributed by atoms with E-state index in [4.69, 9.17) is 9.47 Å². The monoisotopic (exact) mass is 290 g/mol. The van der Waals surface area contributed by atoms with Crippen molar-refractivity contribution in [3.05, 3.63) is 23.8 Å². The van der Waals surface area contributed by atoms with E-state index in [1.807, 2.05) is 30.9 Å². The summed E-state index contributed by atoms with van der Waals surface area (Å²) < 4.78 is 11.3. The first kappa shape index (κ1) is 14.4. The van der Waals surface area contributed by atoms with Crippen LogP contribution in [0.4, 0.5) is 11.4 Å². The molecule has 2 heterocycles. The van der Waals surface area contributed by atoms with Crippen LogP contribution in [-0.2, 0) is 20.7 Å². The molecule has 0 aromatic heterocycles. The molecule has 1 aromatic carbocycles. The zero-order valence-corrected chi connectivity index (χ0v) is 12.8. The molecular weight excluding hydrogens is 268 g/mol. The molecule has 3 rings (SSSR count). The maximum Gasteiger partial charge on any atom is 0.223 e. The van der Waals surface area contributed by atoms with Crippen molar-refractivity contribution in [3.63, 3.8) is 0 Å². The summed E-state index contributed by atoms with van der Waals surface area (Å²) in [6.45, 7) is 7.49. The standard InChI is InChI=1S/C16H22N2O3/c1-11(19)18-7-6-12-8-13(4-5-15(12)18)17-14-9-20-16(2,3)21-10-14/h4-5,8,14,17H,6-7,9-10H2,1-3H3. The van der Waals surface area contributed by atoms with Crippen molar-refractivity contribution in [2.24, 2.45) is 0 Å². The second-order valence-corrected chi connectivity index (χ2v) is 6.13. The van der Waals surface area contributed by atoms with E-state index in [0.29, 0.717) is 13.2 Å². The molecule has 21 heavy (non-hydrogen) atoms. The minimum Gasteiger partial charge on any atom is -0.378 e. The first-order valence-corrected chi connectivity index (χ1v) is 7.40. The van der Waals surface area contributed by atoms with Gasteiger partial charge in [0.05, 0.1) is 19.3 Å². The molecule has 2 aliphatic rings. The van der Waals surface area contributed by atoms with Crippen molar-refractivity contribution < 1.29 is 14.3 Å².